The van der Waals surface area contributed by atoms with Crippen molar-refractivity contribution in [1.29, 1.82) is 0 Å². The summed E-state index contributed by atoms with van der Waals surface area (Å²) in [7, 11) is 0. The Morgan fingerprint density at radius 2 is 1.79 bits per heavy atom. The van der Waals surface area contributed by atoms with Gasteiger partial charge in [-0.3, -0.25) is 0 Å². The molecule has 0 aromatic heterocycles. The van der Waals surface area contributed by atoms with Crippen LogP contribution in [0.25, 0.3) is 6.08 Å². The van der Waals surface area contributed by atoms with E-state index >= 15 is 0 Å². The number of carboxylic acids is 1. The molecular weight excluding hydrogens is 427 g/mol. The van der Waals surface area contributed by atoms with Crippen molar-refractivity contribution in [3.8, 4) is 5.75 Å². The van der Waals surface area contributed by atoms with Crippen LogP contribution >= 0.6 is 24.0 Å². The predicted octanol–water partition coefficient (Wildman–Crippen LogP) is 4.48. The van der Waals surface area contributed by atoms with E-state index < -0.39 is 18.6 Å². The Bertz CT molecular complexity index is 943. The molecule has 1 heterocycles. The van der Waals surface area contributed by atoms with Crippen LogP contribution in [0.15, 0.2) is 53.4 Å². The van der Waals surface area contributed by atoms with Gasteiger partial charge in [0, 0.05) is 11.4 Å². The van der Waals surface area contributed by atoms with Crippen molar-refractivity contribution in [3.63, 3.8) is 0 Å². The average Bonchev–Trinajstić information content (AvgIpc) is 2.90. The molecule has 5 nitrogen and oxygen atoms in total. The van der Waals surface area contributed by atoms with Crippen LogP contribution in [0.3, 0.4) is 0 Å². The van der Waals surface area contributed by atoms with Gasteiger partial charge >= 0.3 is 12.3 Å². The van der Waals surface area contributed by atoms with Gasteiger partial charge < -0.3 is 19.8 Å². The summed E-state index contributed by atoms with van der Waals surface area (Å²) in [6.07, 6.45) is -4.07. The molecule has 2 aromatic carbocycles. The number of rotatable bonds is 5. The van der Waals surface area contributed by atoms with Gasteiger partial charge in [0.25, 0.3) is 0 Å². The fourth-order valence-corrected chi connectivity index (χ4v) is 3.96. The van der Waals surface area contributed by atoms with E-state index in [1.54, 1.807) is 18.2 Å². The number of hydrogen-bond acceptors (Lipinski definition) is 5. The number of aliphatic hydroxyl groups is 1. The van der Waals surface area contributed by atoms with Crippen molar-refractivity contribution in [2.75, 3.05) is 0 Å². The summed E-state index contributed by atoms with van der Waals surface area (Å²) in [5, 5.41) is 19.5. The molecular formula is C19H14F3NO4S2. The zero-order chi connectivity index (χ0) is 21.2. The van der Waals surface area contributed by atoms with Crippen LogP contribution in [0.2, 0.25) is 0 Å². The average molecular weight is 441 g/mol. The van der Waals surface area contributed by atoms with Gasteiger partial charge in [-0.2, -0.15) is 0 Å². The molecule has 1 aliphatic heterocycles. The molecule has 0 aliphatic carbocycles. The molecule has 1 fully saturated rings. The largest absolute Gasteiger partial charge is 0.573 e. The lowest BCUT2D eigenvalue weighted by Crippen LogP contribution is -2.31. The van der Waals surface area contributed by atoms with E-state index in [-0.39, 0.29) is 17.9 Å². The first-order valence-corrected chi connectivity index (χ1v) is 9.41. The molecule has 2 N–H and O–H groups in total. The number of carbonyl (C=O) groups is 1. The summed E-state index contributed by atoms with van der Waals surface area (Å²) < 4.78 is 41.0. The Hall–Kier alpha value is -2.56. The highest BCUT2D eigenvalue weighted by Gasteiger charge is 2.33. The molecule has 0 radical (unpaired) electrons. The number of halogens is 3. The molecule has 29 heavy (non-hydrogen) atoms. The van der Waals surface area contributed by atoms with Crippen LogP contribution in [0.1, 0.15) is 21.5 Å². The van der Waals surface area contributed by atoms with Gasteiger partial charge in [0.05, 0.1) is 5.56 Å². The summed E-state index contributed by atoms with van der Waals surface area (Å²) in [4.78, 5) is 13.0. The van der Waals surface area contributed by atoms with E-state index in [1.165, 1.54) is 53.1 Å². The van der Waals surface area contributed by atoms with Crippen LogP contribution < -0.4 is 4.74 Å². The zero-order valence-electron chi connectivity index (χ0n) is 14.6. The third kappa shape index (κ3) is 5.49. The fraction of sp³-hybridized carbons (Fsp3) is 0.158. The second-order valence-electron chi connectivity index (χ2n) is 6.04. The number of hydrogen-bond donors (Lipinski definition) is 2. The first-order chi connectivity index (χ1) is 13.6. The standard InChI is InChI=1S/C19H14F3NO4S2/c20-19(21,22)27-14-7-3-12(4-8-14)10-23-16(24)15(29-18(23)28)9-11-1-5-13(6-2-11)17(25)26/h1-9,16,24H,10H2,(H,25,26)/b15-9-. The number of aromatic carboxylic acids is 1. The van der Waals surface area contributed by atoms with Gasteiger partial charge in [-0.05, 0) is 41.5 Å². The predicted molar refractivity (Wildman–Crippen MR) is 106 cm³/mol. The van der Waals surface area contributed by atoms with Crippen LogP contribution in [-0.2, 0) is 6.54 Å². The summed E-state index contributed by atoms with van der Waals surface area (Å²) in [5.74, 6) is -1.36. The van der Waals surface area contributed by atoms with E-state index in [0.717, 1.165) is 0 Å². The van der Waals surface area contributed by atoms with Crippen LogP contribution in [0, 0.1) is 0 Å². The number of thioether (sulfide) groups is 1. The lowest BCUT2D eigenvalue weighted by atomic mass is 10.1. The lowest BCUT2D eigenvalue weighted by Gasteiger charge is -2.21. The van der Waals surface area contributed by atoms with Crippen molar-refractivity contribution in [2.24, 2.45) is 0 Å². The monoisotopic (exact) mass is 441 g/mol. The Labute approximate surface area is 173 Å². The van der Waals surface area contributed by atoms with Crippen molar-refractivity contribution in [2.45, 2.75) is 19.1 Å². The highest BCUT2D eigenvalue weighted by molar-refractivity contribution is 8.25. The molecule has 10 heteroatoms. The smallest absolute Gasteiger partial charge is 0.478 e. The van der Waals surface area contributed by atoms with Crippen molar-refractivity contribution in [3.05, 3.63) is 70.1 Å². The highest BCUT2D eigenvalue weighted by atomic mass is 32.2. The van der Waals surface area contributed by atoms with E-state index in [4.69, 9.17) is 17.3 Å². The van der Waals surface area contributed by atoms with E-state index in [0.29, 0.717) is 20.4 Å². The van der Waals surface area contributed by atoms with Gasteiger partial charge in [-0.1, -0.05) is 48.2 Å². The van der Waals surface area contributed by atoms with Gasteiger partial charge in [0.1, 0.15) is 10.1 Å². The fourth-order valence-electron chi connectivity index (χ4n) is 2.60. The maximum atomic E-state index is 12.2. The molecule has 0 bridgehead atoms. The molecule has 0 saturated carbocycles. The Morgan fingerprint density at radius 3 is 2.34 bits per heavy atom. The zero-order valence-corrected chi connectivity index (χ0v) is 16.2. The number of alkyl halides is 3. The number of benzene rings is 2. The van der Waals surface area contributed by atoms with Crippen LogP contribution in [0.4, 0.5) is 13.2 Å². The summed E-state index contributed by atoms with van der Waals surface area (Å²) >= 11 is 6.50. The molecule has 3 rings (SSSR count). The topological polar surface area (TPSA) is 70.0 Å². The molecule has 1 aliphatic rings. The minimum Gasteiger partial charge on any atom is -0.478 e. The maximum absolute atomic E-state index is 12.2. The molecule has 1 atom stereocenters. The Balaban J connectivity index is 1.70. The minimum atomic E-state index is -4.76. The molecule has 1 unspecified atom stereocenters. The molecule has 1 saturated heterocycles. The first-order valence-electron chi connectivity index (χ1n) is 8.18. The van der Waals surface area contributed by atoms with E-state index in [2.05, 4.69) is 4.74 Å². The summed E-state index contributed by atoms with van der Waals surface area (Å²) in [6.45, 7) is 0.203. The van der Waals surface area contributed by atoms with Crippen LogP contribution in [0.5, 0.6) is 5.75 Å². The Kier molecular flexibility index (Phi) is 6.15. The lowest BCUT2D eigenvalue weighted by molar-refractivity contribution is -0.274. The Morgan fingerprint density at radius 1 is 1.17 bits per heavy atom. The van der Waals surface area contributed by atoms with Gasteiger partial charge in [-0.25, -0.2) is 4.79 Å². The molecule has 0 amide bonds. The minimum absolute atomic E-state index is 0.155. The molecule has 152 valence electrons. The summed E-state index contributed by atoms with van der Waals surface area (Å²) in [6, 6.07) is 11.5. The normalized spacial score (nSPS) is 18.3. The third-order valence-electron chi connectivity index (χ3n) is 3.97. The first kappa shape index (κ1) is 21.2. The third-order valence-corrected chi connectivity index (χ3v) is 5.42. The number of carboxylic acid groups (broad SMARTS) is 1. The van der Waals surface area contributed by atoms with E-state index in [1.807, 2.05) is 0 Å². The maximum Gasteiger partial charge on any atom is 0.573 e. The van der Waals surface area contributed by atoms with Crippen molar-refractivity contribution < 1.29 is 32.9 Å². The van der Waals surface area contributed by atoms with Gasteiger partial charge in [-0.15, -0.1) is 13.2 Å². The number of nitrogens with zero attached hydrogens (tertiary/aromatic N) is 1. The number of aliphatic hydroxyl groups excluding tert-OH is 1. The van der Waals surface area contributed by atoms with Gasteiger partial charge in [0.15, 0.2) is 6.23 Å². The second kappa shape index (κ2) is 8.44. The van der Waals surface area contributed by atoms with Crippen molar-refractivity contribution >= 4 is 40.3 Å². The van der Waals surface area contributed by atoms with E-state index in [9.17, 15) is 23.1 Å². The van der Waals surface area contributed by atoms with Crippen LogP contribution in [-0.4, -0.2) is 38.0 Å². The van der Waals surface area contributed by atoms with Gasteiger partial charge in [0.2, 0.25) is 0 Å². The molecule has 0 spiro atoms. The quantitative estimate of drug-likeness (QED) is 0.663. The SMILES string of the molecule is O=C(O)c1ccc(/C=C2\SC(=S)N(Cc3ccc(OC(F)(F)F)cc3)C2O)cc1. The molecule has 2 aromatic rings. The highest BCUT2D eigenvalue weighted by Crippen LogP contribution is 2.37. The van der Waals surface area contributed by atoms with Crippen molar-refractivity contribution in [1.82, 2.24) is 4.90 Å². The number of thiocarbonyl (C=S) groups is 1. The second-order valence-corrected chi connectivity index (χ2v) is 7.74. The number of ether oxygens (including phenoxy) is 1. The summed E-state index contributed by atoms with van der Waals surface area (Å²) in [5.41, 5.74) is 1.50.